The van der Waals surface area contributed by atoms with Gasteiger partial charge in [-0.1, -0.05) is 42.5 Å². The van der Waals surface area contributed by atoms with Gasteiger partial charge in [0.1, 0.15) is 0 Å². The van der Waals surface area contributed by atoms with E-state index in [1.54, 1.807) is 0 Å². The molecule has 1 nitrogen and oxygen atoms in total. The quantitative estimate of drug-likeness (QED) is 0.539. The van der Waals surface area contributed by atoms with Crippen LogP contribution in [-0.2, 0) is 6.54 Å². The lowest BCUT2D eigenvalue weighted by atomic mass is 10.2. The highest BCUT2D eigenvalue weighted by atomic mass is 35.5. The van der Waals surface area contributed by atoms with Crippen LogP contribution >= 0.6 is 11.6 Å². The summed E-state index contributed by atoms with van der Waals surface area (Å²) in [6, 6.07) is 11.1. The summed E-state index contributed by atoms with van der Waals surface area (Å²) in [5.74, 6) is 0.595. The minimum Gasteiger partial charge on any atom is -0.293 e. The molecule has 0 saturated heterocycles. The summed E-state index contributed by atoms with van der Waals surface area (Å²) in [4.78, 5) is 2.42. The Hall–Kier alpha value is -0.790. The van der Waals surface area contributed by atoms with Crippen LogP contribution in [-0.4, -0.2) is 23.4 Å². The number of alkyl halides is 1. The van der Waals surface area contributed by atoms with Crippen molar-refractivity contribution in [3.8, 4) is 0 Å². The first-order valence-corrected chi connectivity index (χ1v) is 6.26. The van der Waals surface area contributed by atoms with E-state index >= 15 is 0 Å². The molecule has 0 N–H and O–H groups in total. The third-order valence-corrected chi connectivity index (χ3v) is 2.73. The van der Waals surface area contributed by atoms with Gasteiger partial charge in [-0.25, -0.2) is 0 Å². The van der Waals surface area contributed by atoms with Crippen molar-refractivity contribution in [3.63, 3.8) is 0 Å². The van der Waals surface area contributed by atoms with Crippen LogP contribution in [0.4, 0.5) is 0 Å². The molecule has 0 saturated carbocycles. The van der Waals surface area contributed by atoms with Crippen molar-refractivity contribution in [1.29, 1.82) is 0 Å². The van der Waals surface area contributed by atoms with Gasteiger partial charge in [0.05, 0.1) is 0 Å². The second-order valence-corrected chi connectivity index (χ2v) is 4.44. The van der Waals surface area contributed by atoms with Gasteiger partial charge in [-0.2, -0.15) is 0 Å². The van der Waals surface area contributed by atoms with Gasteiger partial charge in [0, 0.05) is 25.0 Å². The highest BCUT2D eigenvalue weighted by molar-refractivity contribution is 6.18. The molecule has 0 aliphatic carbocycles. The van der Waals surface area contributed by atoms with E-state index in [1.807, 2.05) is 6.08 Å². The molecule has 16 heavy (non-hydrogen) atoms. The Bertz CT molecular complexity index is 306. The van der Waals surface area contributed by atoms with Crippen LogP contribution in [0.5, 0.6) is 0 Å². The average Bonchev–Trinajstić information content (AvgIpc) is 2.29. The predicted octanol–water partition coefficient (Wildman–Crippen LogP) is 3.69. The highest BCUT2D eigenvalue weighted by Crippen LogP contribution is 2.07. The van der Waals surface area contributed by atoms with Crippen LogP contribution in [0.3, 0.4) is 0 Å². The molecule has 0 unspecified atom stereocenters. The van der Waals surface area contributed by atoms with Gasteiger partial charge in [0.25, 0.3) is 0 Å². The number of hydrogen-bond acceptors (Lipinski definition) is 1. The van der Waals surface area contributed by atoms with Gasteiger partial charge < -0.3 is 0 Å². The van der Waals surface area contributed by atoms with Crippen molar-refractivity contribution in [2.75, 3.05) is 12.4 Å². The zero-order chi connectivity index (χ0) is 11.8. The maximum absolute atomic E-state index is 5.62. The van der Waals surface area contributed by atoms with E-state index in [2.05, 4.69) is 55.2 Å². The van der Waals surface area contributed by atoms with Crippen LogP contribution in [0.2, 0.25) is 0 Å². The van der Waals surface area contributed by atoms with E-state index < -0.39 is 0 Å². The second-order valence-electron chi connectivity index (χ2n) is 4.13. The molecule has 0 aromatic heterocycles. The van der Waals surface area contributed by atoms with E-state index in [-0.39, 0.29) is 0 Å². The van der Waals surface area contributed by atoms with Crippen LogP contribution in [0.1, 0.15) is 19.4 Å². The molecule has 0 bridgehead atoms. The first kappa shape index (κ1) is 13.3. The van der Waals surface area contributed by atoms with Gasteiger partial charge in [-0.05, 0) is 19.4 Å². The molecule has 0 spiro atoms. The predicted molar refractivity (Wildman–Crippen MR) is 71.8 cm³/mol. The third-order valence-electron chi connectivity index (χ3n) is 2.55. The average molecular weight is 238 g/mol. The molecule has 0 radical (unpaired) electrons. The van der Waals surface area contributed by atoms with Crippen LogP contribution < -0.4 is 0 Å². The SMILES string of the molecule is CC(C)N(CC=CCCl)Cc1ccccc1. The van der Waals surface area contributed by atoms with Crippen molar-refractivity contribution in [2.45, 2.75) is 26.4 Å². The Balaban J connectivity index is 2.55. The maximum atomic E-state index is 5.62. The smallest absolute Gasteiger partial charge is 0.0404 e. The summed E-state index contributed by atoms with van der Waals surface area (Å²) >= 11 is 5.62. The number of hydrogen-bond donors (Lipinski definition) is 0. The lowest BCUT2D eigenvalue weighted by molar-refractivity contribution is 0.237. The monoisotopic (exact) mass is 237 g/mol. The summed E-state index contributed by atoms with van der Waals surface area (Å²) < 4.78 is 0. The summed E-state index contributed by atoms with van der Waals surface area (Å²) in [5.41, 5.74) is 1.36. The highest BCUT2D eigenvalue weighted by Gasteiger charge is 2.07. The van der Waals surface area contributed by atoms with Gasteiger partial charge in [-0.3, -0.25) is 4.90 Å². The lowest BCUT2D eigenvalue weighted by Crippen LogP contribution is -2.30. The van der Waals surface area contributed by atoms with E-state index in [9.17, 15) is 0 Å². The molecule has 0 heterocycles. The first-order valence-electron chi connectivity index (χ1n) is 5.73. The Morgan fingerprint density at radius 3 is 2.44 bits per heavy atom. The van der Waals surface area contributed by atoms with Crippen LogP contribution in [0, 0.1) is 0 Å². The molecule has 2 heteroatoms. The minimum atomic E-state index is 0.542. The molecule has 0 aliphatic heterocycles. The third kappa shape index (κ3) is 4.82. The van der Waals surface area contributed by atoms with Gasteiger partial charge in [0.15, 0.2) is 0 Å². The standard InChI is InChI=1S/C14H20ClN/c1-13(2)16(11-7-6-10-15)12-14-8-4-3-5-9-14/h3-9,13H,10-12H2,1-2H3. The fourth-order valence-electron chi connectivity index (χ4n) is 1.55. The van der Waals surface area contributed by atoms with E-state index in [4.69, 9.17) is 11.6 Å². The van der Waals surface area contributed by atoms with E-state index in [0.717, 1.165) is 13.1 Å². The zero-order valence-electron chi connectivity index (χ0n) is 10.1. The summed E-state index contributed by atoms with van der Waals surface area (Å²) in [6.07, 6.45) is 4.14. The molecular formula is C14H20ClN. The van der Waals surface area contributed by atoms with Crippen molar-refractivity contribution >= 4 is 11.6 Å². The molecule has 1 rings (SSSR count). The van der Waals surface area contributed by atoms with E-state index in [0.29, 0.717) is 11.9 Å². The number of rotatable bonds is 6. The fourth-order valence-corrected chi connectivity index (χ4v) is 1.67. The summed E-state index contributed by atoms with van der Waals surface area (Å²) in [6.45, 7) is 6.39. The summed E-state index contributed by atoms with van der Waals surface area (Å²) in [7, 11) is 0. The molecule has 1 aromatic carbocycles. The summed E-state index contributed by atoms with van der Waals surface area (Å²) in [5, 5.41) is 0. The molecular weight excluding hydrogens is 218 g/mol. The number of allylic oxidation sites excluding steroid dienone is 1. The molecule has 0 amide bonds. The van der Waals surface area contributed by atoms with Crippen molar-refractivity contribution in [1.82, 2.24) is 4.90 Å². The Kier molecular flexibility index (Phi) is 6.20. The molecule has 88 valence electrons. The van der Waals surface area contributed by atoms with Crippen LogP contribution in [0.15, 0.2) is 42.5 Å². The second kappa shape index (κ2) is 7.48. The maximum Gasteiger partial charge on any atom is 0.0404 e. The Morgan fingerprint density at radius 2 is 1.88 bits per heavy atom. The Labute approximate surface area is 104 Å². The lowest BCUT2D eigenvalue weighted by Gasteiger charge is -2.25. The largest absolute Gasteiger partial charge is 0.293 e. The van der Waals surface area contributed by atoms with Gasteiger partial charge >= 0.3 is 0 Å². The molecule has 1 aromatic rings. The first-order chi connectivity index (χ1) is 7.74. The fraction of sp³-hybridized carbons (Fsp3) is 0.429. The van der Waals surface area contributed by atoms with Crippen molar-refractivity contribution in [3.05, 3.63) is 48.0 Å². The molecule has 0 atom stereocenters. The Morgan fingerprint density at radius 1 is 1.19 bits per heavy atom. The van der Waals surface area contributed by atoms with Gasteiger partial charge in [-0.15, -0.1) is 11.6 Å². The molecule has 0 aliphatic rings. The van der Waals surface area contributed by atoms with Crippen LogP contribution in [0.25, 0.3) is 0 Å². The normalized spacial score (nSPS) is 11.8. The topological polar surface area (TPSA) is 3.24 Å². The number of benzene rings is 1. The van der Waals surface area contributed by atoms with Crippen molar-refractivity contribution in [2.24, 2.45) is 0 Å². The number of nitrogens with zero attached hydrogens (tertiary/aromatic N) is 1. The number of halogens is 1. The zero-order valence-corrected chi connectivity index (χ0v) is 10.8. The van der Waals surface area contributed by atoms with E-state index in [1.165, 1.54) is 5.56 Å². The van der Waals surface area contributed by atoms with Crippen molar-refractivity contribution < 1.29 is 0 Å². The molecule has 0 fully saturated rings. The van der Waals surface area contributed by atoms with Gasteiger partial charge in [0.2, 0.25) is 0 Å². The minimum absolute atomic E-state index is 0.542.